The van der Waals surface area contributed by atoms with Crippen LogP contribution in [0.3, 0.4) is 0 Å². The molecule has 5 nitrogen and oxygen atoms in total. The molecule has 20 heavy (non-hydrogen) atoms. The summed E-state index contributed by atoms with van der Waals surface area (Å²) in [6, 6.07) is 3.04. The van der Waals surface area contributed by atoms with E-state index in [0.717, 1.165) is 6.42 Å². The molecule has 0 radical (unpaired) electrons. The fourth-order valence-electron chi connectivity index (χ4n) is 1.97. The van der Waals surface area contributed by atoms with E-state index in [9.17, 15) is 4.79 Å². The van der Waals surface area contributed by atoms with Gasteiger partial charge in [0.15, 0.2) is 11.5 Å². The van der Waals surface area contributed by atoms with Crippen LogP contribution in [0.15, 0.2) is 12.1 Å². The molecular formula is C14H18ClNO4. The number of fused-ring (bicyclic) bond motifs is 1. The molecule has 110 valence electrons. The van der Waals surface area contributed by atoms with Crippen LogP contribution >= 0.6 is 11.6 Å². The van der Waals surface area contributed by atoms with E-state index in [1.165, 1.54) is 7.11 Å². The average molecular weight is 300 g/mol. The van der Waals surface area contributed by atoms with Gasteiger partial charge in [0, 0.05) is 6.04 Å². The van der Waals surface area contributed by atoms with Crippen molar-refractivity contribution >= 4 is 17.6 Å². The second kappa shape index (κ2) is 6.33. The zero-order valence-electron chi connectivity index (χ0n) is 11.7. The minimum Gasteiger partial charge on any atom is -0.468 e. The van der Waals surface area contributed by atoms with Crippen LogP contribution in [0, 0.1) is 0 Å². The predicted molar refractivity (Wildman–Crippen MR) is 75.2 cm³/mol. The molecule has 0 aliphatic carbocycles. The molecule has 2 rings (SSSR count). The number of halogens is 1. The van der Waals surface area contributed by atoms with E-state index in [1.807, 2.05) is 13.8 Å². The van der Waals surface area contributed by atoms with Gasteiger partial charge in [0.05, 0.1) is 12.1 Å². The Hall–Kier alpha value is -1.46. The number of ether oxygens (including phenoxy) is 3. The number of carbonyl (C=O) groups excluding carboxylic acids is 1. The molecule has 0 aromatic heterocycles. The van der Waals surface area contributed by atoms with Crippen LogP contribution in [0.4, 0.5) is 0 Å². The summed E-state index contributed by atoms with van der Waals surface area (Å²) >= 11 is 6.15. The Labute approximate surface area is 123 Å². The van der Waals surface area contributed by atoms with Crippen molar-refractivity contribution in [2.45, 2.75) is 32.4 Å². The predicted octanol–water partition coefficient (Wildman–Crippen LogP) is 2.67. The average Bonchev–Trinajstić information content (AvgIpc) is 2.92. The van der Waals surface area contributed by atoms with Crippen molar-refractivity contribution in [2.75, 3.05) is 13.9 Å². The first-order valence-electron chi connectivity index (χ1n) is 6.49. The SMILES string of the molecule is CCC(C)NC(C(=O)OC)c1cc(Cl)c2c(c1)OCO2. The normalized spacial score (nSPS) is 15.8. The molecule has 0 saturated heterocycles. The van der Waals surface area contributed by atoms with Gasteiger partial charge in [0.1, 0.15) is 6.04 Å². The molecule has 0 amide bonds. The van der Waals surface area contributed by atoms with Gasteiger partial charge in [-0.05, 0) is 31.0 Å². The summed E-state index contributed by atoms with van der Waals surface area (Å²) in [6.45, 7) is 4.18. The van der Waals surface area contributed by atoms with Crippen molar-refractivity contribution in [2.24, 2.45) is 0 Å². The molecule has 1 aromatic rings. The molecular weight excluding hydrogens is 282 g/mol. The summed E-state index contributed by atoms with van der Waals surface area (Å²) in [5.41, 5.74) is 0.700. The minimum atomic E-state index is -0.582. The lowest BCUT2D eigenvalue weighted by Gasteiger charge is -2.21. The summed E-state index contributed by atoms with van der Waals surface area (Å²) in [4.78, 5) is 12.0. The third kappa shape index (κ3) is 2.99. The van der Waals surface area contributed by atoms with Crippen LogP contribution in [-0.2, 0) is 9.53 Å². The molecule has 2 atom stereocenters. The number of carbonyl (C=O) groups is 1. The lowest BCUT2D eigenvalue weighted by Crippen LogP contribution is -2.35. The monoisotopic (exact) mass is 299 g/mol. The zero-order chi connectivity index (χ0) is 14.7. The zero-order valence-corrected chi connectivity index (χ0v) is 12.5. The number of rotatable bonds is 5. The van der Waals surface area contributed by atoms with Crippen molar-refractivity contribution in [1.82, 2.24) is 5.32 Å². The molecule has 1 aliphatic rings. The molecule has 1 aromatic carbocycles. The molecule has 0 saturated carbocycles. The highest BCUT2D eigenvalue weighted by Gasteiger charge is 2.27. The maximum atomic E-state index is 12.0. The van der Waals surface area contributed by atoms with Crippen molar-refractivity contribution in [3.63, 3.8) is 0 Å². The molecule has 1 heterocycles. The largest absolute Gasteiger partial charge is 0.468 e. The van der Waals surface area contributed by atoms with Crippen LogP contribution in [0.5, 0.6) is 11.5 Å². The summed E-state index contributed by atoms with van der Waals surface area (Å²) in [5, 5.41) is 3.65. The van der Waals surface area contributed by atoms with Gasteiger partial charge in [0.25, 0.3) is 0 Å². The Balaban J connectivity index is 2.33. The van der Waals surface area contributed by atoms with Crippen molar-refractivity contribution in [3.8, 4) is 11.5 Å². The van der Waals surface area contributed by atoms with Gasteiger partial charge < -0.3 is 14.2 Å². The van der Waals surface area contributed by atoms with E-state index < -0.39 is 6.04 Å². The van der Waals surface area contributed by atoms with Crippen LogP contribution in [0.1, 0.15) is 31.9 Å². The van der Waals surface area contributed by atoms with Crippen LogP contribution in [0.2, 0.25) is 5.02 Å². The van der Waals surface area contributed by atoms with Crippen molar-refractivity contribution in [3.05, 3.63) is 22.7 Å². The Morgan fingerprint density at radius 2 is 2.25 bits per heavy atom. The summed E-state index contributed by atoms with van der Waals surface area (Å²) < 4.78 is 15.4. The Bertz CT molecular complexity index is 506. The Morgan fingerprint density at radius 1 is 1.50 bits per heavy atom. The third-order valence-corrected chi connectivity index (χ3v) is 3.56. The number of nitrogens with one attached hydrogen (secondary N) is 1. The van der Waals surface area contributed by atoms with E-state index in [4.69, 9.17) is 25.8 Å². The summed E-state index contributed by atoms with van der Waals surface area (Å²) in [6.07, 6.45) is 0.895. The van der Waals surface area contributed by atoms with E-state index in [1.54, 1.807) is 12.1 Å². The number of methoxy groups -OCH3 is 1. The van der Waals surface area contributed by atoms with Crippen LogP contribution in [-0.4, -0.2) is 25.9 Å². The summed E-state index contributed by atoms with van der Waals surface area (Å²) in [7, 11) is 1.36. The molecule has 1 N–H and O–H groups in total. The molecule has 1 aliphatic heterocycles. The standard InChI is InChI=1S/C14H18ClNO4/c1-4-8(2)16-12(14(17)18-3)9-5-10(15)13-11(6-9)19-7-20-13/h5-6,8,12,16H,4,7H2,1-3H3. The first-order chi connectivity index (χ1) is 9.56. The van der Waals surface area contributed by atoms with E-state index in [2.05, 4.69) is 5.32 Å². The third-order valence-electron chi connectivity index (χ3n) is 3.28. The van der Waals surface area contributed by atoms with Gasteiger partial charge >= 0.3 is 5.97 Å². The Morgan fingerprint density at radius 3 is 2.90 bits per heavy atom. The van der Waals surface area contributed by atoms with E-state index >= 15 is 0 Å². The minimum absolute atomic E-state index is 0.139. The van der Waals surface area contributed by atoms with Gasteiger partial charge in [-0.15, -0.1) is 0 Å². The molecule has 0 fully saturated rings. The molecule has 0 bridgehead atoms. The van der Waals surface area contributed by atoms with Gasteiger partial charge in [-0.1, -0.05) is 18.5 Å². The molecule has 0 spiro atoms. The van der Waals surface area contributed by atoms with Crippen LogP contribution in [0.25, 0.3) is 0 Å². The second-order valence-electron chi connectivity index (χ2n) is 4.67. The highest BCUT2D eigenvalue weighted by atomic mass is 35.5. The van der Waals surface area contributed by atoms with E-state index in [0.29, 0.717) is 22.1 Å². The fraction of sp³-hybridized carbons (Fsp3) is 0.500. The van der Waals surface area contributed by atoms with Crippen molar-refractivity contribution < 1.29 is 19.0 Å². The van der Waals surface area contributed by atoms with E-state index in [-0.39, 0.29) is 18.8 Å². The summed E-state index contributed by atoms with van der Waals surface area (Å²) in [5.74, 6) is 0.704. The topological polar surface area (TPSA) is 56.8 Å². The van der Waals surface area contributed by atoms with Gasteiger partial charge in [0.2, 0.25) is 6.79 Å². The lowest BCUT2D eigenvalue weighted by atomic mass is 10.0. The maximum Gasteiger partial charge on any atom is 0.327 e. The number of esters is 1. The number of hydrogen-bond acceptors (Lipinski definition) is 5. The molecule has 6 heteroatoms. The van der Waals surface area contributed by atoms with Gasteiger partial charge in [-0.3, -0.25) is 5.32 Å². The number of hydrogen-bond donors (Lipinski definition) is 1. The maximum absolute atomic E-state index is 12.0. The highest BCUT2D eigenvalue weighted by Crippen LogP contribution is 2.41. The lowest BCUT2D eigenvalue weighted by molar-refractivity contribution is -0.143. The highest BCUT2D eigenvalue weighted by molar-refractivity contribution is 6.32. The second-order valence-corrected chi connectivity index (χ2v) is 5.08. The van der Waals surface area contributed by atoms with Crippen LogP contribution < -0.4 is 14.8 Å². The van der Waals surface area contributed by atoms with Gasteiger partial charge in [-0.25, -0.2) is 4.79 Å². The Kier molecular flexibility index (Phi) is 4.73. The number of benzene rings is 1. The first-order valence-corrected chi connectivity index (χ1v) is 6.87. The fourth-order valence-corrected chi connectivity index (χ4v) is 2.25. The quantitative estimate of drug-likeness (QED) is 0.847. The van der Waals surface area contributed by atoms with Crippen molar-refractivity contribution in [1.29, 1.82) is 0 Å². The first kappa shape index (κ1) is 14.9. The smallest absolute Gasteiger partial charge is 0.327 e. The van der Waals surface area contributed by atoms with Gasteiger partial charge in [-0.2, -0.15) is 0 Å². The molecule has 2 unspecified atom stereocenters.